The first-order chi connectivity index (χ1) is 8.04. The third kappa shape index (κ3) is 2.97. The Morgan fingerprint density at radius 2 is 1.94 bits per heavy atom. The standard InChI is InChI=1S/C13H12BrNO2/c1-8-3-10(16)6-11(4-8)17-13-5-9(2)12(14)7-15-13/h3-7,16H,1-2H3. The van der Waals surface area contributed by atoms with Crippen LogP contribution < -0.4 is 4.74 Å². The zero-order chi connectivity index (χ0) is 12.4. The van der Waals surface area contributed by atoms with Crippen molar-refractivity contribution in [3.8, 4) is 17.4 Å². The Hall–Kier alpha value is -1.55. The van der Waals surface area contributed by atoms with Crippen molar-refractivity contribution in [2.45, 2.75) is 13.8 Å². The fourth-order valence-corrected chi connectivity index (χ4v) is 1.69. The lowest BCUT2D eigenvalue weighted by molar-refractivity contribution is 0.444. The fraction of sp³-hybridized carbons (Fsp3) is 0.154. The number of aromatic nitrogens is 1. The summed E-state index contributed by atoms with van der Waals surface area (Å²) in [5.74, 6) is 1.28. The average Bonchev–Trinajstić information content (AvgIpc) is 2.22. The number of phenolic OH excluding ortho intramolecular Hbond substituents is 1. The summed E-state index contributed by atoms with van der Waals surface area (Å²) in [4.78, 5) is 4.14. The van der Waals surface area contributed by atoms with Gasteiger partial charge in [0.25, 0.3) is 0 Å². The van der Waals surface area contributed by atoms with Crippen LogP contribution in [0.2, 0.25) is 0 Å². The molecule has 1 N–H and O–H groups in total. The van der Waals surface area contributed by atoms with Gasteiger partial charge in [-0.1, -0.05) is 0 Å². The molecule has 0 aliphatic heterocycles. The Morgan fingerprint density at radius 1 is 1.18 bits per heavy atom. The summed E-state index contributed by atoms with van der Waals surface area (Å²) in [5, 5.41) is 9.46. The van der Waals surface area contributed by atoms with E-state index in [1.54, 1.807) is 18.3 Å². The molecule has 0 atom stereocenters. The summed E-state index contributed by atoms with van der Waals surface area (Å²) in [6.45, 7) is 3.86. The number of nitrogens with zero attached hydrogens (tertiary/aromatic N) is 1. The second-order valence-corrected chi connectivity index (χ2v) is 4.73. The molecular weight excluding hydrogens is 282 g/mol. The van der Waals surface area contributed by atoms with Gasteiger partial charge in [0.15, 0.2) is 0 Å². The SMILES string of the molecule is Cc1cc(O)cc(Oc2cc(C)c(Br)cn2)c1. The van der Waals surface area contributed by atoms with Crippen LogP contribution in [0.25, 0.3) is 0 Å². The van der Waals surface area contributed by atoms with Gasteiger partial charge in [0, 0.05) is 22.8 Å². The molecule has 0 saturated carbocycles. The third-order valence-corrected chi connectivity index (χ3v) is 3.11. The Balaban J connectivity index is 2.28. The Bertz CT molecular complexity index is 535. The quantitative estimate of drug-likeness (QED) is 0.911. The van der Waals surface area contributed by atoms with Crippen molar-refractivity contribution in [1.29, 1.82) is 0 Å². The van der Waals surface area contributed by atoms with Crippen molar-refractivity contribution in [2.24, 2.45) is 0 Å². The third-order valence-electron chi connectivity index (χ3n) is 2.28. The molecule has 0 aliphatic rings. The van der Waals surface area contributed by atoms with E-state index in [-0.39, 0.29) is 5.75 Å². The van der Waals surface area contributed by atoms with Gasteiger partial charge in [-0.25, -0.2) is 4.98 Å². The van der Waals surface area contributed by atoms with Gasteiger partial charge < -0.3 is 9.84 Å². The summed E-state index contributed by atoms with van der Waals surface area (Å²) < 4.78 is 6.53. The molecule has 4 heteroatoms. The molecule has 1 aromatic carbocycles. The summed E-state index contributed by atoms with van der Waals surface area (Å²) in [7, 11) is 0. The van der Waals surface area contributed by atoms with E-state index in [9.17, 15) is 5.11 Å². The molecule has 1 aromatic heterocycles. The van der Waals surface area contributed by atoms with Crippen LogP contribution in [0.15, 0.2) is 34.9 Å². The number of pyridine rings is 1. The van der Waals surface area contributed by atoms with Crippen molar-refractivity contribution in [3.05, 3.63) is 46.1 Å². The lowest BCUT2D eigenvalue weighted by Gasteiger charge is -2.07. The number of aryl methyl sites for hydroxylation is 2. The normalized spacial score (nSPS) is 10.3. The van der Waals surface area contributed by atoms with Crippen LogP contribution in [0.4, 0.5) is 0 Å². The predicted octanol–water partition coefficient (Wildman–Crippen LogP) is 3.96. The zero-order valence-electron chi connectivity index (χ0n) is 9.57. The van der Waals surface area contributed by atoms with Crippen molar-refractivity contribution in [2.75, 3.05) is 0 Å². The van der Waals surface area contributed by atoms with Crippen molar-refractivity contribution < 1.29 is 9.84 Å². The monoisotopic (exact) mass is 293 g/mol. The van der Waals surface area contributed by atoms with Gasteiger partial charge in [0.05, 0.1) is 0 Å². The molecule has 0 amide bonds. The first kappa shape index (κ1) is 11.9. The van der Waals surface area contributed by atoms with Crippen molar-refractivity contribution in [1.82, 2.24) is 4.98 Å². The summed E-state index contributed by atoms with van der Waals surface area (Å²) in [6.07, 6.45) is 1.69. The number of aromatic hydroxyl groups is 1. The van der Waals surface area contributed by atoms with Crippen LogP contribution in [-0.2, 0) is 0 Å². The Labute approximate surface area is 108 Å². The average molecular weight is 294 g/mol. The predicted molar refractivity (Wildman–Crippen MR) is 69.6 cm³/mol. The van der Waals surface area contributed by atoms with Crippen molar-refractivity contribution >= 4 is 15.9 Å². The smallest absolute Gasteiger partial charge is 0.219 e. The molecule has 0 saturated heterocycles. The molecule has 17 heavy (non-hydrogen) atoms. The van der Waals surface area contributed by atoms with E-state index >= 15 is 0 Å². The highest BCUT2D eigenvalue weighted by Crippen LogP contribution is 2.27. The van der Waals surface area contributed by atoms with E-state index in [1.165, 1.54) is 0 Å². The van der Waals surface area contributed by atoms with Crippen LogP contribution in [0, 0.1) is 13.8 Å². The Kier molecular flexibility index (Phi) is 3.33. The number of phenols is 1. The number of rotatable bonds is 2. The number of halogens is 1. The first-order valence-electron chi connectivity index (χ1n) is 5.15. The topological polar surface area (TPSA) is 42.4 Å². The zero-order valence-corrected chi connectivity index (χ0v) is 11.2. The molecular formula is C13H12BrNO2. The van der Waals surface area contributed by atoms with E-state index < -0.39 is 0 Å². The maximum atomic E-state index is 9.46. The van der Waals surface area contributed by atoms with E-state index in [2.05, 4.69) is 20.9 Å². The van der Waals surface area contributed by atoms with Gasteiger partial charge >= 0.3 is 0 Å². The van der Waals surface area contributed by atoms with E-state index in [0.29, 0.717) is 11.6 Å². The first-order valence-corrected chi connectivity index (χ1v) is 5.94. The maximum Gasteiger partial charge on any atom is 0.219 e. The van der Waals surface area contributed by atoms with Crippen LogP contribution in [-0.4, -0.2) is 10.1 Å². The minimum Gasteiger partial charge on any atom is -0.508 e. The summed E-state index contributed by atoms with van der Waals surface area (Å²) in [5.41, 5.74) is 1.99. The second-order valence-electron chi connectivity index (χ2n) is 3.88. The van der Waals surface area contributed by atoms with Gasteiger partial charge in [-0.05, 0) is 53.0 Å². The molecule has 0 radical (unpaired) electrons. The highest BCUT2D eigenvalue weighted by Gasteiger charge is 2.03. The van der Waals surface area contributed by atoms with Gasteiger partial charge in [0.1, 0.15) is 11.5 Å². The molecule has 2 aromatic rings. The van der Waals surface area contributed by atoms with E-state index in [4.69, 9.17) is 4.74 Å². The van der Waals surface area contributed by atoms with Crippen LogP contribution >= 0.6 is 15.9 Å². The summed E-state index contributed by atoms with van der Waals surface area (Å²) >= 11 is 3.38. The van der Waals surface area contributed by atoms with Gasteiger partial charge in [-0.15, -0.1) is 0 Å². The number of hydrogen-bond donors (Lipinski definition) is 1. The molecule has 88 valence electrons. The fourth-order valence-electron chi connectivity index (χ4n) is 1.48. The van der Waals surface area contributed by atoms with Crippen LogP contribution in [0.5, 0.6) is 17.4 Å². The Morgan fingerprint density at radius 3 is 2.59 bits per heavy atom. The second kappa shape index (κ2) is 4.75. The molecule has 0 unspecified atom stereocenters. The van der Waals surface area contributed by atoms with Gasteiger partial charge in [0.2, 0.25) is 5.88 Å². The minimum atomic E-state index is 0.189. The van der Waals surface area contributed by atoms with E-state index in [1.807, 2.05) is 26.0 Å². The molecule has 3 nitrogen and oxygen atoms in total. The largest absolute Gasteiger partial charge is 0.508 e. The van der Waals surface area contributed by atoms with Crippen molar-refractivity contribution in [3.63, 3.8) is 0 Å². The highest BCUT2D eigenvalue weighted by atomic mass is 79.9. The highest BCUT2D eigenvalue weighted by molar-refractivity contribution is 9.10. The molecule has 0 fully saturated rings. The van der Waals surface area contributed by atoms with Crippen LogP contribution in [0.1, 0.15) is 11.1 Å². The molecule has 2 rings (SSSR count). The lowest BCUT2D eigenvalue weighted by atomic mass is 10.2. The van der Waals surface area contributed by atoms with Gasteiger partial charge in [-0.2, -0.15) is 0 Å². The van der Waals surface area contributed by atoms with E-state index in [0.717, 1.165) is 15.6 Å². The maximum absolute atomic E-state index is 9.46. The number of hydrogen-bond acceptors (Lipinski definition) is 3. The lowest BCUT2D eigenvalue weighted by Crippen LogP contribution is -1.89. The molecule has 0 spiro atoms. The number of ether oxygens (including phenoxy) is 1. The number of benzene rings is 1. The van der Waals surface area contributed by atoms with Crippen LogP contribution in [0.3, 0.4) is 0 Å². The molecule has 1 heterocycles. The molecule has 0 bridgehead atoms. The van der Waals surface area contributed by atoms with Gasteiger partial charge in [-0.3, -0.25) is 0 Å². The summed E-state index contributed by atoms with van der Waals surface area (Å²) in [6, 6.07) is 6.92. The molecule has 0 aliphatic carbocycles. The minimum absolute atomic E-state index is 0.189.